The van der Waals surface area contributed by atoms with E-state index in [9.17, 15) is 4.79 Å². The summed E-state index contributed by atoms with van der Waals surface area (Å²) < 4.78 is 10.4. The van der Waals surface area contributed by atoms with E-state index in [1.165, 1.54) is 0 Å². The number of fused-ring (bicyclic) bond motifs is 1. The van der Waals surface area contributed by atoms with E-state index in [2.05, 4.69) is 0 Å². The zero-order chi connectivity index (χ0) is 15.4. The average molecular weight is 313 g/mol. The van der Waals surface area contributed by atoms with Crippen LogP contribution in [0.25, 0.3) is 11.1 Å². The number of halogens is 1. The Morgan fingerprint density at radius 3 is 2.45 bits per heavy atom. The van der Waals surface area contributed by atoms with Crippen molar-refractivity contribution < 1.29 is 14.3 Å². The van der Waals surface area contributed by atoms with Gasteiger partial charge in [-0.2, -0.15) is 0 Å². The van der Waals surface area contributed by atoms with E-state index in [4.69, 9.17) is 21.1 Å². The maximum absolute atomic E-state index is 11.8. The fourth-order valence-electron chi connectivity index (χ4n) is 2.12. The monoisotopic (exact) mass is 312 g/mol. The third-order valence-corrected chi connectivity index (χ3v) is 3.47. The molecule has 110 valence electrons. The van der Waals surface area contributed by atoms with E-state index in [-0.39, 0.29) is 6.61 Å². The Kier molecular flexibility index (Phi) is 4.26. The fraction of sp³-hybridized carbons (Fsp3) is 0.0556. The fourth-order valence-corrected chi connectivity index (χ4v) is 2.25. The average Bonchev–Trinajstić information content (AvgIpc) is 2.81. The molecule has 0 bridgehead atoms. The highest BCUT2D eigenvalue weighted by molar-refractivity contribution is 6.30. The predicted octanol–water partition coefficient (Wildman–Crippen LogP) is 5.16. The number of carbonyl (C=O) groups is 1. The van der Waals surface area contributed by atoms with Crippen molar-refractivity contribution in [3.63, 3.8) is 0 Å². The largest absolute Gasteiger partial charge is 0.514 e. The van der Waals surface area contributed by atoms with Crippen molar-refractivity contribution in [3.05, 3.63) is 77.3 Å². The Bertz CT molecular complexity index is 756. The van der Waals surface area contributed by atoms with Gasteiger partial charge in [0.1, 0.15) is 12.4 Å². The lowest BCUT2D eigenvalue weighted by atomic mass is 10.2. The summed E-state index contributed by atoms with van der Waals surface area (Å²) in [6, 6.07) is 20.3. The van der Waals surface area contributed by atoms with Gasteiger partial charge in [-0.3, -0.25) is 0 Å². The van der Waals surface area contributed by atoms with Gasteiger partial charge in [-0.1, -0.05) is 54.1 Å². The minimum Gasteiger partial charge on any atom is -0.429 e. The van der Waals surface area contributed by atoms with E-state index in [0.29, 0.717) is 10.8 Å². The molecule has 0 heterocycles. The van der Waals surface area contributed by atoms with E-state index in [1.807, 2.05) is 48.5 Å². The molecule has 0 fully saturated rings. The quantitative estimate of drug-likeness (QED) is 0.627. The Morgan fingerprint density at radius 1 is 0.909 bits per heavy atom. The molecule has 1 aromatic carbocycles. The van der Waals surface area contributed by atoms with Gasteiger partial charge in [0.25, 0.3) is 0 Å². The van der Waals surface area contributed by atoms with E-state index >= 15 is 0 Å². The molecule has 0 unspecified atom stereocenters. The molecular weight excluding hydrogens is 300 g/mol. The summed E-state index contributed by atoms with van der Waals surface area (Å²) in [5.41, 5.74) is 2.66. The first-order chi connectivity index (χ1) is 10.7. The van der Waals surface area contributed by atoms with Crippen LogP contribution in [0.15, 0.2) is 66.7 Å². The van der Waals surface area contributed by atoms with Crippen molar-refractivity contribution in [2.24, 2.45) is 0 Å². The number of ether oxygens (including phenoxy) is 2. The van der Waals surface area contributed by atoms with Gasteiger partial charge in [0, 0.05) is 10.6 Å². The van der Waals surface area contributed by atoms with Crippen LogP contribution in [0.4, 0.5) is 4.79 Å². The number of hydrogen-bond acceptors (Lipinski definition) is 3. The zero-order valence-electron chi connectivity index (χ0n) is 11.7. The van der Waals surface area contributed by atoms with Crippen molar-refractivity contribution in [3.8, 4) is 16.9 Å². The van der Waals surface area contributed by atoms with Gasteiger partial charge in [-0.25, -0.2) is 4.79 Å². The van der Waals surface area contributed by atoms with E-state index in [0.717, 1.165) is 16.7 Å². The Balaban J connectivity index is 1.67. The van der Waals surface area contributed by atoms with Crippen molar-refractivity contribution >= 4 is 17.8 Å². The summed E-state index contributed by atoms with van der Waals surface area (Å²) in [5, 5.41) is 0.619. The molecule has 2 aliphatic carbocycles. The molecule has 0 spiro atoms. The SMILES string of the molecule is O=C(OCc1ccccc1)Oc1ccc2ccc(Cl)ccc1-2. The number of benzene rings is 1. The number of rotatable bonds is 3. The third-order valence-electron chi connectivity index (χ3n) is 3.21. The Hall–Kier alpha value is -2.52. The summed E-state index contributed by atoms with van der Waals surface area (Å²) in [5.74, 6) is 0.459. The lowest BCUT2D eigenvalue weighted by Crippen LogP contribution is -2.10. The molecule has 0 saturated heterocycles. The summed E-state index contributed by atoms with van der Waals surface area (Å²) in [7, 11) is 0. The molecule has 0 aliphatic heterocycles. The molecule has 22 heavy (non-hydrogen) atoms. The second kappa shape index (κ2) is 6.50. The van der Waals surface area contributed by atoms with Crippen LogP contribution < -0.4 is 4.74 Å². The Labute approximate surface area is 133 Å². The maximum atomic E-state index is 11.8. The number of carbonyl (C=O) groups excluding carboxylic acids is 1. The summed E-state index contributed by atoms with van der Waals surface area (Å²) >= 11 is 5.95. The summed E-state index contributed by atoms with van der Waals surface area (Å²) in [4.78, 5) is 11.8. The van der Waals surface area contributed by atoms with Crippen molar-refractivity contribution in [1.29, 1.82) is 0 Å². The molecule has 1 aromatic rings. The van der Waals surface area contributed by atoms with Crippen LogP contribution in [0, 0.1) is 0 Å². The standard InChI is InChI=1S/C18H13ClO3/c19-15-8-6-14-7-11-17(16(14)10-9-15)22-18(20)21-12-13-4-2-1-3-5-13/h1-11H,12H2. The zero-order valence-corrected chi connectivity index (χ0v) is 12.4. The van der Waals surface area contributed by atoms with Crippen LogP contribution in [0.3, 0.4) is 0 Å². The normalized spacial score (nSPS) is 10.4. The van der Waals surface area contributed by atoms with Crippen LogP contribution in [0.5, 0.6) is 5.75 Å². The van der Waals surface area contributed by atoms with Gasteiger partial charge < -0.3 is 9.47 Å². The molecule has 0 atom stereocenters. The van der Waals surface area contributed by atoms with Crippen LogP contribution in [0.1, 0.15) is 5.56 Å². The molecule has 3 nitrogen and oxygen atoms in total. The second-order valence-corrected chi connectivity index (χ2v) is 5.18. The van der Waals surface area contributed by atoms with Crippen molar-refractivity contribution in [2.75, 3.05) is 0 Å². The first-order valence-electron chi connectivity index (χ1n) is 6.79. The highest BCUT2D eigenvalue weighted by Gasteiger charge is 2.14. The van der Waals surface area contributed by atoms with Gasteiger partial charge in [-0.15, -0.1) is 0 Å². The van der Waals surface area contributed by atoms with Gasteiger partial charge >= 0.3 is 6.16 Å². The van der Waals surface area contributed by atoms with E-state index < -0.39 is 6.16 Å². The van der Waals surface area contributed by atoms with Crippen LogP contribution in [-0.4, -0.2) is 6.16 Å². The molecule has 2 aliphatic rings. The molecule has 3 rings (SSSR count). The molecule has 4 heteroatoms. The van der Waals surface area contributed by atoms with Crippen LogP contribution in [0.2, 0.25) is 5.02 Å². The smallest absolute Gasteiger partial charge is 0.429 e. The first-order valence-corrected chi connectivity index (χ1v) is 7.17. The lowest BCUT2D eigenvalue weighted by Gasteiger charge is -2.06. The minimum atomic E-state index is -0.728. The Morgan fingerprint density at radius 2 is 1.64 bits per heavy atom. The minimum absolute atomic E-state index is 0.178. The first kappa shape index (κ1) is 14.4. The van der Waals surface area contributed by atoms with Crippen molar-refractivity contribution in [1.82, 2.24) is 0 Å². The topological polar surface area (TPSA) is 35.5 Å². The molecular formula is C18H13ClO3. The third kappa shape index (κ3) is 3.38. The molecule has 0 N–H and O–H groups in total. The lowest BCUT2D eigenvalue weighted by molar-refractivity contribution is 0.0930. The molecule has 0 amide bonds. The van der Waals surface area contributed by atoms with Crippen LogP contribution >= 0.6 is 11.6 Å². The van der Waals surface area contributed by atoms with Gasteiger partial charge in [0.15, 0.2) is 0 Å². The molecule has 0 saturated carbocycles. The highest BCUT2D eigenvalue weighted by Crippen LogP contribution is 2.34. The molecule has 0 aromatic heterocycles. The highest BCUT2D eigenvalue weighted by atomic mass is 35.5. The summed E-state index contributed by atoms with van der Waals surface area (Å²) in [6.07, 6.45) is -0.728. The summed E-state index contributed by atoms with van der Waals surface area (Å²) in [6.45, 7) is 0.178. The molecule has 0 radical (unpaired) electrons. The maximum Gasteiger partial charge on any atom is 0.514 e. The van der Waals surface area contributed by atoms with Gasteiger partial charge in [-0.05, 0) is 35.4 Å². The van der Waals surface area contributed by atoms with Gasteiger partial charge in [0.2, 0.25) is 0 Å². The van der Waals surface area contributed by atoms with Gasteiger partial charge in [0.05, 0.1) is 0 Å². The van der Waals surface area contributed by atoms with Crippen LogP contribution in [-0.2, 0) is 11.3 Å². The predicted molar refractivity (Wildman–Crippen MR) is 85.3 cm³/mol. The van der Waals surface area contributed by atoms with Crippen molar-refractivity contribution in [2.45, 2.75) is 6.61 Å². The van der Waals surface area contributed by atoms with E-state index in [1.54, 1.807) is 18.2 Å². The second-order valence-electron chi connectivity index (χ2n) is 4.74. The number of hydrogen-bond donors (Lipinski definition) is 0.